The molecule has 1 aromatic heterocycles. The molecule has 0 aliphatic heterocycles. The van der Waals surface area contributed by atoms with E-state index in [0.717, 1.165) is 6.07 Å². The molecule has 1 heterocycles. The number of halogens is 2. The molecule has 0 saturated heterocycles. The number of fused-ring (bicyclic) bond motifs is 1. The molecule has 6 heteroatoms. The van der Waals surface area contributed by atoms with Crippen molar-refractivity contribution in [3.05, 3.63) is 23.8 Å². The van der Waals surface area contributed by atoms with Gasteiger partial charge in [-0.15, -0.1) is 0 Å². The van der Waals surface area contributed by atoms with E-state index in [1.807, 2.05) is 6.92 Å². The number of rotatable bonds is 4. The van der Waals surface area contributed by atoms with E-state index in [-0.39, 0.29) is 11.5 Å². The molecule has 0 saturated carbocycles. The van der Waals surface area contributed by atoms with Crippen LogP contribution in [-0.2, 0) is 11.3 Å². The lowest BCUT2D eigenvalue weighted by Gasteiger charge is -2.07. The van der Waals surface area contributed by atoms with E-state index in [1.54, 1.807) is 0 Å². The summed E-state index contributed by atoms with van der Waals surface area (Å²) in [6, 6.07) is 2.44. The summed E-state index contributed by atoms with van der Waals surface area (Å²) in [6.07, 6.45) is 0. The quantitative estimate of drug-likeness (QED) is 0.832. The van der Waals surface area contributed by atoms with Crippen molar-refractivity contribution in [2.24, 2.45) is 0 Å². The normalized spacial score (nSPS) is 11.2. The first-order chi connectivity index (χ1) is 8.15. The van der Waals surface area contributed by atoms with Crippen LogP contribution in [0, 0.1) is 11.6 Å². The van der Waals surface area contributed by atoms with Crippen LogP contribution in [0.15, 0.2) is 12.1 Å². The largest absolute Gasteiger partial charge is 0.380 e. The van der Waals surface area contributed by atoms with Crippen LogP contribution in [0.4, 0.5) is 14.7 Å². The van der Waals surface area contributed by atoms with E-state index in [1.165, 1.54) is 10.6 Å². The molecule has 2 N–H and O–H groups in total. The zero-order valence-corrected chi connectivity index (χ0v) is 9.41. The van der Waals surface area contributed by atoms with E-state index < -0.39 is 11.6 Å². The zero-order valence-electron chi connectivity index (χ0n) is 9.41. The molecule has 17 heavy (non-hydrogen) atoms. The lowest BCUT2D eigenvalue weighted by Crippen LogP contribution is -2.09. The van der Waals surface area contributed by atoms with Crippen LogP contribution in [-0.4, -0.2) is 22.8 Å². The van der Waals surface area contributed by atoms with Crippen LogP contribution in [0.25, 0.3) is 11.0 Å². The number of nitrogens with two attached hydrogens (primary N) is 1. The van der Waals surface area contributed by atoms with E-state index >= 15 is 0 Å². The van der Waals surface area contributed by atoms with Crippen LogP contribution in [0.1, 0.15) is 6.92 Å². The maximum Gasteiger partial charge on any atom is 0.201 e. The Balaban J connectivity index is 2.46. The number of hydrogen-bond acceptors (Lipinski definition) is 3. The number of imidazole rings is 1. The van der Waals surface area contributed by atoms with Crippen molar-refractivity contribution in [1.29, 1.82) is 0 Å². The molecule has 0 spiro atoms. The predicted octanol–water partition coefficient (Wildman–Crippen LogP) is 1.93. The lowest BCUT2D eigenvalue weighted by molar-refractivity contribution is 0.140. The number of ether oxygens (including phenoxy) is 1. The van der Waals surface area contributed by atoms with Gasteiger partial charge in [0.05, 0.1) is 12.1 Å². The summed E-state index contributed by atoms with van der Waals surface area (Å²) < 4.78 is 33.4. The number of benzene rings is 1. The maximum atomic E-state index is 13.6. The van der Waals surface area contributed by atoms with Crippen LogP contribution >= 0.6 is 0 Å². The number of anilines is 1. The average molecular weight is 241 g/mol. The highest BCUT2D eigenvalue weighted by molar-refractivity contribution is 5.79. The summed E-state index contributed by atoms with van der Waals surface area (Å²) in [6.45, 7) is 3.14. The van der Waals surface area contributed by atoms with E-state index in [2.05, 4.69) is 4.98 Å². The fraction of sp³-hybridized carbons (Fsp3) is 0.364. The number of aromatic nitrogens is 2. The predicted molar refractivity (Wildman–Crippen MR) is 60.6 cm³/mol. The third kappa shape index (κ3) is 2.08. The van der Waals surface area contributed by atoms with Gasteiger partial charge in [0.15, 0.2) is 11.6 Å². The Kier molecular flexibility index (Phi) is 3.23. The monoisotopic (exact) mass is 241 g/mol. The van der Waals surface area contributed by atoms with Gasteiger partial charge in [-0.05, 0) is 19.1 Å². The molecule has 2 rings (SSSR count). The van der Waals surface area contributed by atoms with Gasteiger partial charge >= 0.3 is 0 Å². The van der Waals surface area contributed by atoms with Gasteiger partial charge in [0.1, 0.15) is 5.52 Å². The lowest BCUT2D eigenvalue weighted by atomic mass is 10.3. The molecular weight excluding hydrogens is 228 g/mol. The van der Waals surface area contributed by atoms with Crippen LogP contribution in [0.3, 0.4) is 0 Å². The fourth-order valence-corrected chi connectivity index (χ4v) is 1.70. The van der Waals surface area contributed by atoms with Crippen molar-refractivity contribution < 1.29 is 13.5 Å². The topological polar surface area (TPSA) is 53.1 Å². The van der Waals surface area contributed by atoms with E-state index in [4.69, 9.17) is 10.5 Å². The highest BCUT2D eigenvalue weighted by atomic mass is 19.2. The van der Waals surface area contributed by atoms with Gasteiger partial charge in [0.25, 0.3) is 0 Å². The molecular formula is C11H13F2N3O. The molecule has 0 atom stereocenters. The van der Waals surface area contributed by atoms with Crippen LogP contribution in [0.2, 0.25) is 0 Å². The Morgan fingerprint density at radius 3 is 2.88 bits per heavy atom. The minimum Gasteiger partial charge on any atom is -0.380 e. The average Bonchev–Trinajstić information content (AvgIpc) is 2.62. The summed E-state index contributed by atoms with van der Waals surface area (Å²) in [5.74, 6) is -1.68. The summed E-state index contributed by atoms with van der Waals surface area (Å²) in [7, 11) is 0. The number of hydrogen-bond donors (Lipinski definition) is 1. The summed E-state index contributed by atoms with van der Waals surface area (Å²) in [5.41, 5.74) is 6.09. The molecule has 0 bridgehead atoms. The molecule has 4 nitrogen and oxygen atoms in total. The van der Waals surface area contributed by atoms with Crippen molar-refractivity contribution in [3.8, 4) is 0 Å². The molecule has 0 fully saturated rings. The summed E-state index contributed by atoms with van der Waals surface area (Å²) in [5, 5.41) is 0. The van der Waals surface area contributed by atoms with E-state index in [0.29, 0.717) is 25.3 Å². The van der Waals surface area contributed by atoms with Gasteiger partial charge < -0.3 is 15.0 Å². The second-order valence-corrected chi connectivity index (χ2v) is 3.55. The first-order valence-electron chi connectivity index (χ1n) is 5.32. The SMILES string of the molecule is CCOCCn1c(N)nc2ccc(F)c(F)c21. The van der Waals surface area contributed by atoms with Gasteiger partial charge in [-0.2, -0.15) is 0 Å². The van der Waals surface area contributed by atoms with Crippen molar-refractivity contribution in [2.45, 2.75) is 13.5 Å². The van der Waals surface area contributed by atoms with Crippen molar-refractivity contribution in [3.63, 3.8) is 0 Å². The van der Waals surface area contributed by atoms with Crippen LogP contribution < -0.4 is 5.73 Å². The van der Waals surface area contributed by atoms with Gasteiger partial charge in [-0.3, -0.25) is 0 Å². The van der Waals surface area contributed by atoms with Crippen molar-refractivity contribution in [2.75, 3.05) is 18.9 Å². The smallest absolute Gasteiger partial charge is 0.201 e. The second kappa shape index (κ2) is 4.67. The molecule has 0 unspecified atom stereocenters. The number of nitrogens with zero attached hydrogens (tertiary/aromatic N) is 2. The Morgan fingerprint density at radius 2 is 2.18 bits per heavy atom. The summed E-state index contributed by atoms with van der Waals surface area (Å²) in [4.78, 5) is 3.97. The Labute approximate surface area is 97.0 Å². The molecule has 0 aliphatic carbocycles. The molecule has 0 radical (unpaired) electrons. The Morgan fingerprint density at radius 1 is 1.41 bits per heavy atom. The highest BCUT2D eigenvalue weighted by Gasteiger charge is 2.15. The third-order valence-electron chi connectivity index (χ3n) is 2.49. The van der Waals surface area contributed by atoms with Crippen molar-refractivity contribution >= 4 is 17.0 Å². The zero-order chi connectivity index (χ0) is 12.4. The molecule has 92 valence electrons. The Hall–Kier alpha value is -1.69. The van der Waals surface area contributed by atoms with Gasteiger partial charge in [0.2, 0.25) is 5.95 Å². The maximum absolute atomic E-state index is 13.6. The molecule has 2 aromatic rings. The standard InChI is InChI=1S/C11H13F2N3O/c1-2-17-6-5-16-10-8(15-11(16)14)4-3-7(12)9(10)13/h3-4H,2,5-6H2,1H3,(H2,14,15). The van der Waals surface area contributed by atoms with Gasteiger partial charge in [-0.25, -0.2) is 13.8 Å². The van der Waals surface area contributed by atoms with Crippen molar-refractivity contribution in [1.82, 2.24) is 9.55 Å². The number of nitrogen functional groups attached to an aromatic ring is 1. The summed E-state index contributed by atoms with van der Waals surface area (Å²) >= 11 is 0. The van der Waals surface area contributed by atoms with Crippen LogP contribution in [0.5, 0.6) is 0 Å². The minimum atomic E-state index is -0.928. The Bertz CT molecular complexity index is 539. The molecule has 0 amide bonds. The fourth-order valence-electron chi connectivity index (χ4n) is 1.70. The minimum absolute atomic E-state index is 0.0854. The van der Waals surface area contributed by atoms with E-state index in [9.17, 15) is 8.78 Å². The molecule has 1 aromatic carbocycles. The first kappa shape index (κ1) is 11.8. The van der Waals surface area contributed by atoms with Gasteiger partial charge in [-0.1, -0.05) is 0 Å². The van der Waals surface area contributed by atoms with Gasteiger partial charge in [0, 0.05) is 13.2 Å². The third-order valence-corrected chi connectivity index (χ3v) is 2.49. The second-order valence-electron chi connectivity index (χ2n) is 3.55. The highest BCUT2D eigenvalue weighted by Crippen LogP contribution is 2.22. The molecule has 0 aliphatic rings. The first-order valence-corrected chi connectivity index (χ1v) is 5.32.